The number of hydrazone groups is 1. The number of rotatable bonds is 2. The zero-order valence-electron chi connectivity index (χ0n) is 15.5. The van der Waals surface area contributed by atoms with Gasteiger partial charge in [0.2, 0.25) is 0 Å². The molecule has 0 atom stereocenters. The summed E-state index contributed by atoms with van der Waals surface area (Å²) in [5.41, 5.74) is 5.84. The van der Waals surface area contributed by atoms with Crippen molar-refractivity contribution >= 4 is 28.7 Å². The van der Waals surface area contributed by atoms with Gasteiger partial charge in [-0.15, -0.1) is 0 Å². The van der Waals surface area contributed by atoms with Crippen LogP contribution < -0.4 is 15.1 Å². The molecule has 8 heteroatoms. The molecular weight excluding hydrogens is 377 g/mol. The van der Waals surface area contributed by atoms with Crippen LogP contribution >= 0.6 is 12.2 Å². The second-order valence-corrected chi connectivity index (χ2v) is 7.16. The summed E-state index contributed by atoms with van der Waals surface area (Å²) in [5.74, 6) is 0.0953. The lowest BCUT2D eigenvalue weighted by Gasteiger charge is -2.37. The summed E-state index contributed by atoms with van der Waals surface area (Å²) in [7, 11) is 0. The van der Waals surface area contributed by atoms with Crippen molar-refractivity contribution in [3.8, 4) is 5.75 Å². The van der Waals surface area contributed by atoms with E-state index in [1.807, 2.05) is 6.07 Å². The Labute approximate surface area is 169 Å². The number of piperazine rings is 1. The van der Waals surface area contributed by atoms with Crippen molar-refractivity contribution in [2.75, 3.05) is 37.7 Å². The van der Waals surface area contributed by atoms with Crippen molar-refractivity contribution in [3.63, 3.8) is 0 Å². The maximum absolute atomic E-state index is 13.3. The normalized spacial score (nSPS) is 18.2. The fraction of sp³-hybridized carbons (Fsp3) is 0.350. The van der Waals surface area contributed by atoms with Crippen molar-refractivity contribution in [1.82, 2.24) is 15.3 Å². The maximum atomic E-state index is 13.3. The zero-order chi connectivity index (χ0) is 19.3. The lowest BCUT2D eigenvalue weighted by atomic mass is 10.1. The Kier molecular flexibility index (Phi) is 5.66. The number of para-hydroxylation sites is 1. The number of aromatic nitrogens is 1. The average molecular weight is 399 g/mol. The van der Waals surface area contributed by atoms with Crippen molar-refractivity contribution in [3.05, 3.63) is 54.1 Å². The largest absolute Gasteiger partial charge is 0.491 e. The van der Waals surface area contributed by atoms with E-state index in [0.717, 1.165) is 31.9 Å². The molecule has 6 nitrogen and oxygen atoms in total. The summed E-state index contributed by atoms with van der Waals surface area (Å²) < 4.78 is 18.9. The standard InChI is InChI=1S/C20H22FN5OS/c21-15-12-19-18(22-14-15)13-16(6-11-27-19)23-24-20(28)26-9-7-25(8-10-26)17-4-2-1-3-5-17/h1-5,12,14H,6-11,13H2,(H,24,28)/b23-16-. The van der Waals surface area contributed by atoms with Gasteiger partial charge < -0.3 is 14.5 Å². The number of pyridine rings is 1. The molecule has 1 saturated heterocycles. The molecule has 0 radical (unpaired) electrons. The van der Waals surface area contributed by atoms with Gasteiger partial charge in [-0.1, -0.05) is 18.2 Å². The van der Waals surface area contributed by atoms with E-state index in [4.69, 9.17) is 17.0 Å². The molecule has 1 aromatic heterocycles. The first-order valence-electron chi connectivity index (χ1n) is 9.36. The Hall–Kier alpha value is -2.74. The molecule has 1 N–H and O–H groups in total. The van der Waals surface area contributed by atoms with Crippen LogP contribution in [0.5, 0.6) is 5.75 Å². The third-order valence-corrected chi connectivity index (χ3v) is 5.26. The number of nitrogens with zero attached hydrogens (tertiary/aromatic N) is 4. The van der Waals surface area contributed by atoms with Gasteiger partial charge in [-0.25, -0.2) is 4.39 Å². The highest BCUT2D eigenvalue weighted by atomic mass is 32.1. The number of benzene rings is 1. The molecule has 146 valence electrons. The van der Waals surface area contributed by atoms with Crippen LogP contribution in [0.25, 0.3) is 0 Å². The lowest BCUT2D eigenvalue weighted by molar-refractivity contribution is 0.327. The minimum atomic E-state index is -0.395. The average Bonchev–Trinajstić information content (AvgIpc) is 2.94. The van der Waals surface area contributed by atoms with Gasteiger partial charge in [0.1, 0.15) is 11.6 Å². The number of anilines is 1. The summed E-state index contributed by atoms with van der Waals surface area (Å²) in [6, 6.07) is 11.8. The lowest BCUT2D eigenvalue weighted by Crippen LogP contribution is -2.51. The molecule has 0 aliphatic carbocycles. The van der Waals surface area contributed by atoms with Crippen LogP contribution in [0.2, 0.25) is 0 Å². The molecule has 0 spiro atoms. The first-order chi connectivity index (χ1) is 13.7. The van der Waals surface area contributed by atoms with Gasteiger partial charge in [0.05, 0.1) is 18.5 Å². The maximum Gasteiger partial charge on any atom is 0.189 e. The third kappa shape index (κ3) is 4.39. The fourth-order valence-electron chi connectivity index (χ4n) is 3.37. The molecule has 0 amide bonds. The van der Waals surface area contributed by atoms with E-state index in [-0.39, 0.29) is 0 Å². The van der Waals surface area contributed by atoms with Crippen molar-refractivity contribution in [2.24, 2.45) is 5.10 Å². The molecule has 2 aliphatic heterocycles. The van der Waals surface area contributed by atoms with Crippen LogP contribution in [0.1, 0.15) is 12.1 Å². The van der Waals surface area contributed by atoms with Crippen molar-refractivity contribution < 1.29 is 9.13 Å². The molecule has 28 heavy (non-hydrogen) atoms. The molecular formula is C20H22FN5OS. The van der Waals surface area contributed by atoms with Gasteiger partial charge in [-0.05, 0) is 24.4 Å². The van der Waals surface area contributed by atoms with E-state index in [0.29, 0.717) is 36.0 Å². The number of fused-ring (bicyclic) bond motifs is 1. The van der Waals surface area contributed by atoms with Gasteiger partial charge in [0.25, 0.3) is 0 Å². The molecule has 2 aromatic rings. The number of ether oxygens (including phenoxy) is 1. The highest BCUT2D eigenvalue weighted by molar-refractivity contribution is 7.80. The van der Waals surface area contributed by atoms with Gasteiger partial charge in [-0.2, -0.15) is 5.10 Å². The summed E-state index contributed by atoms with van der Waals surface area (Å²) in [4.78, 5) is 8.61. The number of nitrogens with one attached hydrogen (secondary N) is 1. The number of hydrogen-bond donors (Lipinski definition) is 1. The highest BCUT2D eigenvalue weighted by Gasteiger charge is 2.20. The molecule has 2 aliphatic rings. The van der Waals surface area contributed by atoms with E-state index in [1.165, 1.54) is 18.0 Å². The second-order valence-electron chi connectivity index (χ2n) is 6.78. The molecule has 3 heterocycles. The Morgan fingerprint density at radius 1 is 1.18 bits per heavy atom. The van der Waals surface area contributed by atoms with Crippen LogP contribution in [-0.2, 0) is 6.42 Å². The van der Waals surface area contributed by atoms with E-state index < -0.39 is 5.82 Å². The number of thiocarbonyl (C=S) groups is 1. The van der Waals surface area contributed by atoms with E-state index in [2.05, 4.69) is 49.6 Å². The highest BCUT2D eigenvalue weighted by Crippen LogP contribution is 2.22. The zero-order valence-corrected chi connectivity index (χ0v) is 16.3. The van der Waals surface area contributed by atoms with E-state index in [9.17, 15) is 4.39 Å². The molecule has 1 fully saturated rings. The summed E-state index contributed by atoms with van der Waals surface area (Å²) in [6.07, 6.45) is 2.37. The summed E-state index contributed by atoms with van der Waals surface area (Å²) in [5, 5.41) is 5.10. The Balaban J connectivity index is 1.32. The monoisotopic (exact) mass is 399 g/mol. The van der Waals surface area contributed by atoms with Crippen LogP contribution in [-0.4, -0.2) is 53.5 Å². The number of hydrogen-bond acceptors (Lipinski definition) is 5. The minimum Gasteiger partial charge on any atom is -0.491 e. The van der Waals surface area contributed by atoms with Gasteiger partial charge >= 0.3 is 0 Å². The van der Waals surface area contributed by atoms with Gasteiger partial charge in [0, 0.05) is 56.5 Å². The van der Waals surface area contributed by atoms with Gasteiger partial charge in [0.15, 0.2) is 5.11 Å². The van der Waals surface area contributed by atoms with Gasteiger partial charge in [-0.3, -0.25) is 10.4 Å². The predicted octanol–water partition coefficient (Wildman–Crippen LogP) is 2.60. The predicted molar refractivity (Wildman–Crippen MR) is 111 cm³/mol. The van der Waals surface area contributed by atoms with Crippen LogP contribution in [0.4, 0.5) is 10.1 Å². The summed E-state index contributed by atoms with van der Waals surface area (Å²) >= 11 is 5.52. The Morgan fingerprint density at radius 3 is 2.75 bits per heavy atom. The topological polar surface area (TPSA) is 53.0 Å². The quantitative estimate of drug-likeness (QED) is 0.619. The van der Waals surface area contributed by atoms with Crippen molar-refractivity contribution in [2.45, 2.75) is 12.8 Å². The first-order valence-corrected chi connectivity index (χ1v) is 9.77. The molecule has 1 aromatic carbocycles. The molecule has 0 bridgehead atoms. The molecule has 0 saturated carbocycles. The van der Waals surface area contributed by atoms with E-state index in [1.54, 1.807) is 0 Å². The first kappa shape index (κ1) is 18.6. The van der Waals surface area contributed by atoms with Crippen LogP contribution in [0.15, 0.2) is 47.7 Å². The fourth-order valence-corrected chi connectivity index (χ4v) is 3.60. The number of halogens is 1. The molecule has 4 rings (SSSR count). The van der Waals surface area contributed by atoms with Crippen LogP contribution in [0, 0.1) is 5.82 Å². The van der Waals surface area contributed by atoms with Crippen molar-refractivity contribution in [1.29, 1.82) is 0 Å². The Bertz CT molecular complexity index is 868. The smallest absolute Gasteiger partial charge is 0.189 e. The minimum absolute atomic E-state index is 0.395. The van der Waals surface area contributed by atoms with Crippen LogP contribution in [0.3, 0.4) is 0 Å². The molecule has 0 unspecified atom stereocenters. The Morgan fingerprint density at radius 2 is 1.96 bits per heavy atom. The van der Waals surface area contributed by atoms with E-state index >= 15 is 0 Å². The summed E-state index contributed by atoms with van der Waals surface area (Å²) in [6.45, 7) is 3.97. The third-order valence-electron chi connectivity index (χ3n) is 4.91. The SMILES string of the molecule is Fc1cnc2c(c1)OCC/C(=N/NC(=S)N1CCN(c3ccccc3)CC1)C2. The second kappa shape index (κ2) is 8.52.